The van der Waals surface area contributed by atoms with Crippen LogP contribution >= 0.6 is 0 Å². The number of hydrogen-bond acceptors (Lipinski definition) is 8. The number of nitrogen functional groups attached to an aromatic ring is 1. The van der Waals surface area contributed by atoms with Crippen LogP contribution in [0.2, 0.25) is 0 Å². The highest BCUT2D eigenvalue weighted by Crippen LogP contribution is 2.28. The molecule has 10 nitrogen and oxygen atoms in total. The maximum absolute atomic E-state index is 12.0. The molecule has 0 aliphatic rings. The van der Waals surface area contributed by atoms with Crippen molar-refractivity contribution < 1.29 is 28.7 Å². The highest BCUT2D eigenvalue weighted by atomic mass is 16.6. The summed E-state index contributed by atoms with van der Waals surface area (Å²) in [5.74, 6) is -0.0490. The average Bonchev–Trinajstić information content (AvgIpc) is 2.74. The summed E-state index contributed by atoms with van der Waals surface area (Å²) < 4.78 is 16.0. The number of rotatable bonds is 11. The van der Waals surface area contributed by atoms with Gasteiger partial charge in [0.2, 0.25) is 0 Å². The third-order valence-corrected chi connectivity index (χ3v) is 4.14. The molecule has 0 aliphatic carbocycles. The summed E-state index contributed by atoms with van der Waals surface area (Å²) in [5.41, 5.74) is 5.90. The van der Waals surface area contributed by atoms with Crippen molar-refractivity contribution in [1.29, 1.82) is 0 Å². The van der Waals surface area contributed by atoms with E-state index in [1.54, 1.807) is 0 Å². The van der Waals surface area contributed by atoms with Gasteiger partial charge in [0, 0.05) is 12.6 Å². The molecule has 0 bridgehead atoms. The Balaban J connectivity index is 1.83. The third-order valence-electron chi connectivity index (χ3n) is 4.14. The first-order valence-corrected chi connectivity index (χ1v) is 9.72. The minimum atomic E-state index is -0.855. The van der Waals surface area contributed by atoms with Gasteiger partial charge >= 0.3 is 5.97 Å². The van der Waals surface area contributed by atoms with Gasteiger partial charge < -0.3 is 25.3 Å². The molecule has 1 amide bonds. The van der Waals surface area contributed by atoms with Gasteiger partial charge in [-0.3, -0.25) is 14.9 Å². The number of hydrogen-bond donors (Lipinski definition) is 2. The van der Waals surface area contributed by atoms with Gasteiger partial charge in [0.15, 0.2) is 18.1 Å². The van der Waals surface area contributed by atoms with E-state index in [1.807, 2.05) is 32.0 Å². The van der Waals surface area contributed by atoms with E-state index < -0.39 is 29.1 Å². The van der Waals surface area contributed by atoms with E-state index in [0.717, 1.165) is 11.6 Å². The zero-order valence-electron chi connectivity index (χ0n) is 17.4. The summed E-state index contributed by atoms with van der Waals surface area (Å²) in [6, 6.07) is 9.10. The average molecular weight is 431 g/mol. The standard InChI is InChI=1S/C21H25N3O7/c1-3-29-18-8-5-14(11-19(18)30-4-2)9-10-23-20(25)13-31-21(26)15-6-7-16(22)17(12-15)24(27)28/h5-8,11-12H,3-4,9-10,13,22H2,1-2H3,(H,23,25). The molecule has 3 N–H and O–H groups in total. The fraction of sp³-hybridized carbons (Fsp3) is 0.333. The highest BCUT2D eigenvalue weighted by Gasteiger charge is 2.17. The number of nitro benzene ring substituents is 1. The van der Waals surface area contributed by atoms with Gasteiger partial charge in [-0.05, 0) is 50.1 Å². The van der Waals surface area contributed by atoms with Crippen molar-refractivity contribution in [3.05, 3.63) is 57.6 Å². The Morgan fingerprint density at radius 2 is 1.77 bits per heavy atom. The number of amides is 1. The molecule has 10 heteroatoms. The van der Waals surface area contributed by atoms with Crippen molar-refractivity contribution in [2.24, 2.45) is 0 Å². The SMILES string of the molecule is CCOc1ccc(CCNC(=O)COC(=O)c2ccc(N)c([N+](=O)[O-])c2)cc1OCC. The lowest BCUT2D eigenvalue weighted by atomic mass is 10.1. The van der Waals surface area contributed by atoms with Crippen LogP contribution in [0.3, 0.4) is 0 Å². The normalized spacial score (nSPS) is 10.3. The molecule has 0 aromatic heterocycles. The number of nitro groups is 1. The topological polar surface area (TPSA) is 143 Å². The lowest BCUT2D eigenvalue weighted by Crippen LogP contribution is -2.30. The van der Waals surface area contributed by atoms with Crippen LogP contribution in [0.5, 0.6) is 11.5 Å². The monoisotopic (exact) mass is 431 g/mol. The smallest absolute Gasteiger partial charge is 0.338 e. The summed E-state index contributed by atoms with van der Waals surface area (Å²) in [6.07, 6.45) is 0.538. The minimum absolute atomic E-state index is 0.0634. The quantitative estimate of drug-likeness (QED) is 0.239. The lowest BCUT2D eigenvalue weighted by Gasteiger charge is -2.12. The number of anilines is 1. The molecule has 2 aromatic carbocycles. The van der Waals surface area contributed by atoms with Crippen molar-refractivity contribution in [2.45, 2.75) is 20.3 Å². The molecule has 2 aromatic rings. The first-order chi connectivity index (χ1) is 14.8. The van der Waals surface area contributed by atoms with E-state index >= 15 is 0 Å². The number of benzene rings is 2. The van der Waals surface area contributed by atoms with Crippen molar-refractivity contribution >= 4 is 23.3 Å². The number of carbonyl (C=O) groups is 2. The number of carbonyl (C=O) groups excluding carboxylic acids is 2. The van der Waals surface area contributed by atoms with Gasteiger partial charge in [-0.15, -0.1) is 0 Å². The second-order valence-electron chi connectivity index (χ2n) is 6.35. The van der Waals surface area contributed by atoms with Crippen LogP contribution in [0, 0.1) is 10.1 Å². The predicted molar refractivity (Wildman–Crippen MR) is 113 cm³/mol. The molecule has 0 unspecified atom stereocenters. The second-order valence-corrected chi connectivity index (χ2v) is 6.35. The third kappa shape index (κ3) is 6.88. The van der Waals surface area contributed by atoms with E-state index in [-0.39, 0.29) is 11.3 Å². The summed E-state index contributed by atoms with van der Waals surface area (Å²) >= 11 is 0. The van der Waals surface area contributed by atoms with Gasteiger partial charge in [-0.1, -0.05) is 6.07 Å². The van der Waals surface area contributed by atoms with E-state index in [4.69, 9.17) is 19.9 Å². The molecule has 2 rings (SSSR count). The highest BCUT2D eigenvalue weighted by molar-refractivity contribution is 5.92. The molecular formula is C21H25N3O7. The summed E-state index contributed by atoms with van der Waals surface area (Å²) in [5, 5.41) is 13.6. The van der Waals surface area contributed by atoms with E-state index in [1.165, 1.54) is 12.1 Å². The molecule has 0 fully saturated rings. The Morgan fingerprint density at radius 1 is 1.06 bits per heavy atom. The van der Waals surface area contributed by atoms with Crippen LogP contribution in [0.1, 0.15) is 29.8 Å². The maximum atomic E-state index is 12.0. The van der Waals surface area contributed by atoms with E-state index in [9.17, 15) is 19.7 Å². The van der Waals surface area contributed by atoms with Crippen LogP contribution in [-0.2, 0) is 16.0 Å². The Kier molecular flexibility index (Phi) is 8.62. The molecule has 0 saturated heterocycles. The fourth-order valence-electron chi connectivity index (χ4n) is 2.69. The summed E-state index contributed by atoms with van der Waals surface area (Å²) in [7, 11) is 0. The van der Waals surface area contributed by atoms with Crippen molar-refractivity contribution in [1.82, 2.24) is 5.32 Å². The second kappa shape index (κ2) is 11.4. The fourth-order valence-corrected chi connectivity index (χ4v) is 2.69. The molecule has 0 atom stereocenters. The number of nitrogens with one attached hydrogen (secondary N) is 1. The molecule has 0 heterocycles. The first-order valence-electron chi connectivity index (χ1n) is 9.72. The molecule has 0 aliphatic heterocycles. The largest absolute Gasteiger partial charge is 0.490 e. The molecule has 166 valence electrons. The summed E-state index contributed by atoms with van der Waals surface area (Å²) in [4.78, 5) is 34.2. The van der Waals surface area contributed by atoms with Crippen molar-refractivity contribution in [2.75, 3.05) is 32.1 Å². The minimum Gasteiger partial charge on any atom is -0.490 e. The Hall–Kier alpha value is -3.82. The number of esters is 1. The zero-order valence-corrected chi connectivity index (χ0v) is 17.4. The predicted octanol–water partition coefficient (Wildman–Crippen LogP) is 2.49. The zero-order chi connectivity index (χ0) is 22.8. The van der Waals surface area contributed by atoms with Crippen LogP contribution in [-0.4, -0.2) is 43.2 Å². The van der Waals surface area contributed by atoms with Crippen molar-refractivity contribution in [3.8, 4) is 11.5 Å². The number of nitrogens with zero attached hydrogens (tertiary/aromatic N) is 1. The van der Waals surface area contributed by atoms with E-state index in [0.29, 0.717) is 37.7 Å². The first kappa shape index (κ1) is 23.5. The molecule has 0 saturated carbocycles. The van der Waals surface area contributed by atoms with Gasteiger partial charge in [-0.25, -0.2) is 4.79 Å². The van der Waals surface area contributed by atoms with Crippen LogP contribution in [0.15, 0.2) is 36.4 Å². The van der Waals surface area contributed by atoms with Crippen LogP contribution in [0.25, 0.3) is 0 Å². The van der Waals surface area contributed by atoms with Gasteiger partial charge in [-0.2, -0.15) is 0 Å². The Bertz CT molecular complexity index is 947. The molecular weight excluding hydrogens is 406 g/mol. The van der Waals surface area contributed by atoms with Gasteiger partial charge in [0.1, 0.15) is 5.69 Å². The molecule has 31 heavy (non-hydrogen) atoms. The molecule has 0 radical (unpaired) electrons. The molecule has 0 spiro atoms. The van der Waals surface area contributed by atoms with Gasteiger partial charge in [0.05, 0.1) is 23.7 Å². The van der Waals surface area contributed by atoms with Crippen LogP contribution < -0.4 is 20.5 Å². The Morgan fingerprint density at radius 3 is 2.45 bits per heavy atom. The lowest BCUT2D eigenvalue weighted by molar-refractivity contribution is -0.383. The van der Waals surface area contributed by atoms with Gasteiger partial charge in [0.25, 0.3) is 11.6 Å². The van der Waals surface area contributed by atoms with Crippen LogP contribution in [0.4, 0.5) is 11.4 Å². The summed E-state index contributed by atoms with van der Waals surface area (Å²) in [6.45, 7) is 4.61. The Labute approximate surface area is 179 Å². The number of ether oxygens (including phenoxy) is 3. The van der Waals surface area contributed by atoms with E-state index in [2.05, 4.69) is 5.32 Å². The number of nitrogens with two attached hydrogens (primary N) is 1. The van der Waals surface area contributed by atoms with Crippen molar-refractivity contribution in [3.63, 3.8) is 0 Å². The maximum Gasteiger partial charge on any atom is 0.338 e.